The van der Waals surface area contributed by atoms with Crippen molar-refractivity contribution in [2.24, 2.45) is 0 Å². The number of piperidine rings is 2. The van der Waals surface area contributed by atoms with Gasteiger partial charge in [0.15, 0.2) is 0 Å². The van der Waals surface area contributed by atoms with Crippen molar-refractivity contribution in [3.05, 3.63) is 0 Å². The van der Waals surface area contributed by atoms with Crippen molar-refractivity contribution in [1.29, 1.82) is 0 Å². The molecule has 0 aromatic heterocycles. The standard InChI is InChI=1S/C15H31N3/c1-14(2)9-13(10-15(3,4)17-14)16-12-7-6-8-18(5)11-12/h12-13,16-17H,6-11H2,1-5H3. The van der Waals surface area contributed by atoms with Crippen LogP contribution in [0, 0.1) is 0 Å². The van der Waals surface area contributed by atoms with Crippen molar-refractivity contribution < 1.29 is 0 Å². The van der Waals surface area contributed by atoms with Crippen molar-refractivity contribution in [2.75, 3.05) is 20.1 Å². The van der Waals surface area contributed by atoms with Gasteiger partial charge in [0.05, 0.1) is 0 Å². The van der Waals surface area contributed by atoms with Crippen molar-refractivity contribution in [2.45, 2.75) is 76.5 Å². The average Bonchev–Trinajstić information content (AvgIpc) is 2.11. The fourth-order valence-electron chi connectivity index (χ4n) is 4.08. The van der Waals surface area contributed by atoms with Gasteiger partial charge in [-0.2, -0.15) is 0 Å². The van der Waals surface area contributed by atoms with E-state index in [0.717, 1.165) is 0 Å². The Bertz CT molecular complexity index is 269. The molecule has 0 saturated carbocycles. The molecule has 0 aromatic carbocycles. The maximum absolute atomic E-state index is 3.92. The summed E-state index contributed by atoms with van der Waals surface area (Å²) in [6, 6.07) is 1.35. The highest BCUT2D eigenvalue weighted by Crippen LogP contribution is 2.29. The first-order valence-electron chi connectivity index (χ1n) is 7.50. The molecule has 2 fully saturated rings. The quantitative estimate of drug-likeness (QED) is 0.788. The van der Waals surface area contributed by atoms with Gasteiger partial charge in [0, 0.05) is 29.7 Å². The molecule has 2 aliphatic rings. The molecule has 2 N–H and O–H groups in total. The van der Waals surface area contributed by atoms with Crippen LogP contribution in [0.1, 0.15) is 53.4 Å². The fourth-order valence-corrected chi connectivity index (χ4v) is 4.08. The van der Waals surface area contributed by atoms with Crippen molar-refractivity contribution >= 4 is 0 Å². The summed E-state index contributed by atoms with van der Waals surface area (Å²) < 4.78 is 0. The Balaban J connectivity index is 1.92. The molecule has 2 aliphatic heterocycles. The molecule has 18 heavy (non-hydrogen) atoms. The second-order valence-electron chi connectivity index (χ2n) is 7.77. The van der Waals surface area contributed by atoms with E-state index in [-0.39, 0.29) is 11.1 Å². The molecule has 2 saturated heterocycles. The van der Waals surface area contributed by atoms with Crippen molar-refractivity contribution in [3.8, 4) is 0 Å². The maximum atomic E-state index is 3.92. The summed E-state index contributed by atoms with van der Waals surface area (Å²) in [4.78, 5) is 2.46. The molecule has 0 bridgehead atoms. The monoisotopic (exact) mass is 253 g/mol. The Morgan fingerprint density at radius 3 is 2.22 bits per heavy atom. The molecule has 0 radical (unpaired) electrons. The van der Waals surface area contributed by atoms with Gasteiger partial charge >= 0.3 is 0 Å². The van der Waals surface area contributed by atoms with Crippen LogP contribution in [0.3, 0.4) is 0 Å². The third kappa shape index (κ3) is 3.94. The Kier molecular flexibility index (Phi) is 4.05. The summed E-state index contributed by atoms with van der Waals surface area (Å²) in [7, 11) is 2.24. The van der Waals surface area contributed by atoms with Crippen LogP contribution in [0.25, 0.3) is 0 Å². The van der Waals surface area contributed by atoms with E-state index in [1.165, 1.54) is 38.8 Å². The van der Waals surface area contributed by atoms with Crippen LogP contribution < -0.4 is 10.6 Å². The molecule has 106 valence electrons. The topological polar surface area (TPSA) is 27.3 Å². The number of likely N-dealkylation sites (tertiary alicyclic amines) is 1. The fraction of sp³-hybridized carbons (Fsp3) is 1.00. The largest absolute Gasteiger partial charge is 0.310 e. The van der Waals surface area contributed by atoms with Gasteiger partial charge < -0.3 is 15.5 Å². The SMILES string of the molecule is CN1CCCC(NC2CC(C)(C)NC(C)(C)C2)C1. The molecule has 3 nitrogen and oxygen atoms in total. The first-order valence-corrected chi connectivity index (χ1v) is 7.50. The molecule has 2 heterocycles. The summed E-state index contributed by atoms with van der Waals surface area (Å²) in [6.07, 6.45) is 5.15. The van der Waals surface area contributed by atoms with Crippen LogP contribution in [-0.4, -0.2) is 48.2 Å². The number of nitrogens with one attached hydrogen (secondary N) is 2. The zero-order valence-corrected chi connectivity index (χ0v) is 12.8. The van der Waals surface area contributed by atoms with E-state index in [9.17, 15) is 0 Å². The van der Waals surface area contributed by atoms with Crippen LogP contribution in [0.2, 0.25) is 0 Å². The number of nitrogens with zero attached hydrogens (tertiary/aromatic N) is 1. The number of hydrogen-bond donors (Lipinski definition) is 2. The molecule has 3 heteroatoms. The smallest absolute Gasteiger partial charge is 0.0197 e. The Morgan fingerprint density at radius 2 is 1.67 bits per heavy atom. The van der Waals surface area contributed by atoms with Gasteiger partial charge in [-0.05, 0) is 67.0 Å². The minimum absolute atomic E-state index is 0.250. The summed E-state index contributed by atoms with van der Waals surface area (Å²) in [5.74, 6) is 0. The minimum Gasteiger partial charge on any atom is -0.310 e. The van der Waals surface area contributed by atoms with Gasteiger partial charge in [0.25, 0.3) is 0 Å². The summed E-state index contributed by atoms with van der Waals surface area (Å²) in [5.41, 5.74) is 0.500. The van der Waals surface area contributed by atoms with Gasteiger partial charge in [0.2, 0.25) is 0 Å². The molecule has 0 aliphatic carbocycles. The third-order valence-corrected chi connectivity index (χ3v) is 4.29. The predicted molar refractivity (Wildman–Crippen MR) is 78.0 cm³/mol. The summed E-state index contributed by atoms with van der Waals surface area (Å²) in [5, 5.41) is 7.68. The lowest BCUT2D eigenvalue weighted by molar-refractivity contribution is 0.125. The van der Waals surface area contributed by atoms with Crippen LogP contribution >= 0.6 is 0 Å². The summed E-state index contributed by atoms with van der Waals surface area (Å²) >= 11 is 0. The molecular formula is C15H31N3. The first-order chi connectivity index (χ1) is 8.26. The van der Waals surface area contributed by atoms with Crippen molar-refractivity contribution in [3.63, 3.8) is 0 Å². The minimum atomic E-state index is 0.250. The second kappa shape index (κ2) is 5.10. The Morgan fingerprint density at radius 1 is 1.06 bits per heavy atom. The highest BCUT2D eigenvalue weighted by atomic mass is 15.2. The van der Waals surface area contributed by atoms with Crippen LogP contribution in [0.4, 0.5) is 0 Å². The second-order valence-corrected chi connectivity index (χ2v) is 7.77. The molecule has 0 spiro atoms. The molecule has 0 aromatic rings. The number of likely N-dealkylation sites (N-methyl/N-ethyl adjacent to an activating group) is 1. The van der Waals surface area contributed by atoms with E-state index in [0.29, 0.717) is 12.1 Å². The van der Waals surface area contributed by atoms with Gasteiger partial charge in [-0.25, -0.2) is 0 Å². The Hall–Kier alpha value is -0.120. The van der Waals surface area contributed by atoms with Crippen LogP contribution in [0.5, 0.6) is 0 Å². The number of rotatable bonds is 2. The summed E-state index contributed by atoms with van der Waals surface area (Å²) in [6.45, 7) is 11.8. The lowest BCUT2D eigenvalue weighted by Crippen LogP contribution is -2.63. The molecule has 1 atom stereocenters. The third-order valence-electron chi connectivity index (χ3n) is 4.29. The molecular weight excluding hydrogens is 222 g/mol. The van der Waals surface area contributed by atoms with Crippen molar-refractivity contribution in [1.82, 2.24) is 15.5 Å². The van der Waals surface area contributed by atoms with E-state index in [4.69, 9.17) is 0 Å². The van der Waals surface area contributed by atoms with Crippen LogP contribution in [0.15, 0.2) is 0 Å². The molecule has 2 rings (SSSR count). The van der Waals surface area contributed by atoms with E-state index in [2.05, 4.69) is 50.3 Å². The highest BCUT2D eigenvalue weighted by molar-refractivity contribution is 5.00. The van der Waals surface area contributed by atoms with E-state index < -0.39 is 0 Å². The Labute approximate surface area is 113 Å². The highest BCUT2D eigenvalue weighted by Gasteiger charge is 2.38. The predicted octanol–water partition coefficient (Wildman–Crippen LogP) is 1.98. The molecule has 1 unspecified atom stereocenters. The zero-order valence-electron chi connectivity index (χ0n) is 12.8. The van der Waals surface area contributed by atoms with Gasteiger partial charge in [-0.15, -0.1) is 0 Å². The molecule has 0 amide bonds. The van der Waals surface area contributed by atoms with Crippen LogP contribution in [-0.2, 0) is 0 Å². The lowest BCUT2D eigenvalue weighted by Gasteiger charge is -2.48. The normalized spacial score (nSPS) is 33.5. The van der Waals surface area contributed by atoms with E-state index >= 15 is 0 Å². The average molecular weight is 253 g/mol. The zero-order chi connectivity index (χ0) is 13.4. The van der Waals surface area contributed by atoms with Gasteiger partial charge in [0.1, 0.15) is 0 Å². The maximum Gasteiger partial charge on any atom is 0.0197 e. The van der Waals surface area contributed by atoms with Gasteiger partial charge in [-0.1, -0.05) is 0 Å². The lowest BCUT2D eigenvalue weighted by atomic mass is 9.79. The number of hydrogen-bond acceptors (Lipinski definition) is 3. The van der Waals surface area contributed by atoms with E-state index in [1.54, 1.807) is 0 Å². The first kappa shape index (κ1) is 14.3. The van der Waals surface area contributed by atoms with Gasteiger partial charge in [-0.3, -0.25) is 0 Å². The van der Waals surface area contributed by atoms with E-state index in [1.807, 2.05) is 0 Å².